The molecule has 0 radical (unpaired) electrons. The largest absolute Gasteiger partial charge is 0.352 e. The third-order valence-electron chi connectivity index (χ3n) is 5.04. The molecule has 3 amide bonds. The first kappa shape index (κ1) is 15.2. The second-order valence-corrected chi connectivity index (χ2v) is 6.60. The fourth-order valence-electron chi connectivity index (χ4n) is 3.61. The zero-order valence-electron chi connectivity index (χ0n) is 13.6. The molecule has 0 saturated carbocycles. The highest BCUT2D eigenvalue weighted by atomic mass is 16.2. The molecule has 2 N–H and O–H groups in total. The second kappa shape index (κ2) is 6.26. The van der Waals surface area contributed by atoms with Gasteiger partial charge in [0.15, 0.2) is 5.82 Å². The molecular formula is C16H22N6O2. The predicted molar refractivity (Wildman–Crippen MR) is 87.8 cm³/mol. The number of fused-ring (bicyclic) bond motifs is 1. The molecule has 1 atom stereocenters. The van der Waals surface area contributed by atoms with Crippen LogP contribution in [0.15, 0.2) is 6.07 Å². The molecule has 128 valence electrons. The van der Waals surface area contributed by atoms with Crippen molar-refractivity contribution < 1.29 is 9.59 Å². The zero-order valence-corrected chi connectivity index (χ0v) is 13.6. The maximum absolute atomic E-state index is 12.4. The number of nitrogens with zero attached hydrogens (tertiary/aromatic N) is 4. The SMILES string of the molecule is O=C1NCC(C(=O)N2CCN(c3cc4c(nn3)CCCC4)CC2)N1. The average molecular weight is 330 g/mol. The van der Waals surface area contributed by atoms with Gasteiger partial charge in [0.2, 0.25) is 5.91 Å². The standard InChI is InChI=1S/C16H22N6O2/c23-15(13-10-17-16(24)18-13)22-7-5-21(6-8-22)14-9-11-3-1-2-4-12(11)19-20-14/h9,13H,1-8,10H2,(H2,17,18,24). The van der Waals surface area contributed by atoms with Crippen molar-refractivity contribution in [3.05, 3.63) is 17.3 Å². The maximum atomic E-state index is 12.4. The van der Waals surface area contributed by atoms with Gasteiger partial charge in [-0.1, -0.05) is 0 Å². The van der Waals surface area contributed by atoms with Crippen LogP contribution in [0.4, 0.5) is 10.6 Å². The molecule has 4 rings (SSSR count). The van der Waals surface area contributed by atoms with Gasteiger partial charge in [0, 0.05) is 32.7 Å². The van der Waals surface area contributed by atoms with Gasteiger partial charge in [-0.25, -0.2) is 4.79 Å². The third kappa shape index (κ3) is 2.88. The molecule has 2 aliphatic heterocycles. The lowest BCUT2D eigenvalue weighted by Gasteiger charge is -2.36. The second-order valence-electron chi connectivity index (χ2n) is 6.60. The van der Waals surface area contributed by atoms with Gasteiger partial charge in [-0.3, -0.25) is 4.79 Å². The van der Waals surface area contributed by atoms with E-state index in [9.17, 15) is 9.59 Å². The van der Waals surface area contributed by atoms with Crippen LogP contribution in [0.5, 0.6) is 0 Å². The summed E-state index contributed by atoms with van der Waals surface area (Å²) in [5, 5.41) is 14.0. The number of piperazine rings is 1. The van der Waals surface area contributed by atoms with Gasteiger partial charge in [-0.2, -0.15) is 5.10 Å². The third-order valence-corrected chi connectivity index (χ3v) is 5.04. The van der Waals surface area contributed by atoms with Crippen molar-refractivity contribution in [2.75, 3.05) is 37.6 Å². The van der Waals surface area contributed by atoms with Crippen LogP contribution in [0, 0.1) is 0 Å². The molecule has 1 aliphatic carbocycles. The molecule has 3 heterocycles. The van der Waals surface area contributed by atoms with E-state index in [4.69, 9.17) is 0 Å². The molecule has 1 aromatic heterocycles. The molecule has 8 nitrogen and oxygen atoms in total. The molecule has 0 bridgehead atoms. The monoisotopic (exact) mass is 330 g/mol. The minimum Gasteiger partial charge on any atom is -0.352 e. The van der Waals surface area contributed by atoms with E-state index in [0.29, 0.717) is 19.6 Å². The van der Waals surface area contributed by atoms with Crippen molar-refractivity contribution in [2.45, 2.75) is 31.7 Å². The molecule has 1 aromatic rings. The molecule has 8 heteroatoms. The minimum atomic E-state index is -0.437. The van der Waals surface area contributed by atoms with E-state index < -0.39 is 6.04 Å². The smallest absolute Gasteiger partial charge is 0.315 e. The number of hydrogen-bond acceptors (Lipinski definition) is 5. The van der Waals surface area contributed by atoms with E-state index in [1.165, 1.54) is 18.4 Å². The summed E-state index contributed by atoms with van der Waals surface area (Å²) in [5.74, 6) is 0.906. The molecule has 2 fully saturated rings. The van der Waals surface area contributed by atoms with Gasteiger partial charge >= 0.3 is 6.03 Å². The molecule has 0 spiro atoms. The van der Waals surface area contributed by atoms with Crippen LogP contribution in [-0.2, 0) is 17.6 Å². The van der Waals surface area contributed by atoms with Gasteiger partial charge < -0.3 is 20.4 Å². The van der Waals surface area contributed by atoms with Crippen LogP contribution in [0.2, 0.25) is 0 Å². The normalized spacial score (nSPS) is 23.5. The number of carbonyl (C=O) groups excluding carboxylic acids is 2. The van der Waals surface area contributed by atoms with E-state index in [1.54, 1.807) is 0 Å². The molecule has 3 aliphatic rings. The lowest BCUT2D eigenvalue weighted by molar-refractivity contribution is -0.132. The van der Waals surface area contributed by atoms with Crippen LogP contribution in [0.25, 0.3) is 0 Å². The molecule has 0 aromatic carbocycles. The highest BCUT2D eigenvalue weighted by Crippen LogP contribution is 2.23. The Morgan fingerprint density at radius 3 is 2.67 bits per heavy atom. The number of aryl methyl sites for hydroxylation is 2. The van der Waals surface area contributed by atoms with Gasteiger partial charge in [-0.15, -0.1) is 5.10 Å². The Morgan fingerprint density at radius 2 is 1.92 bits per heavy atom. The van der Waals surface area contributed by atoms with Crippen molar-refractivity contribution in [3.63, 3.8) is 0 Å². The maximum Gasteiger partial charge on any atom is 0.315 e. The van der Waals surface area contributed by atoms with Crippen LogP contribution < -0.4 is 15.5 Å². The summed E-state index contributed by atoms with van der Waals surface area (Å²) in [6.45, 7) is 3.14. The Bertz CT molecular complexity index is 656. The lowest BCUT2D eigenvalue weighted by atomic mass is 9.97. The topological polar surface area (TPSA) is 90.5 Å². The number of urea groups is 1. The van der Waals surface area contributed by atoms with Crippen LogP contribution >= 0.6 is 0 Å². The molecule has 24 heavy (non-hydrogen) atoms. The Hall–Kier alpha value is -2.38. The highest BCUT2D eigenvalue weighted by Gasteiger charge is 2.32. The molecule has 2 saturated heterocycles. The Labute approximate surface area is 140 Å². The average Bonchev–Trinajstić information content (AvgIpc) is 3.07. The summed E-state index contributed by atoms with van der Waals surface area (Å²) < 4.78 is 0. The minimum absolute atomic E-state index is 0.00970. The number of rotatable bonds is 2. The first-order valence-electron chi connectivity index (χ1n) is 8.64. The zero-order chi connectivity index (χ0) is 16.5. The summed E-state index contributed by atoms with van der Waals surface area (Å²) in [6, 6.07) is 1.46. The number of carbonyl (C=O) groups is 2. The summed E-state index contributed by atoms with van der Waals surface area (Å²) in [7, 11) is 0. The summed E-state index contributed by atoms with van der Waals surface area (Å²) in [4.78, 5) is 27.6. The van der Waals surface area contributed by atoms with Crippen molar-refractivity contribution in [2.24, 2.45) is 0 Å². The van der Waals surface area contributed by atoms with E-state index in [2.05, 4.69) is 31.8 Å². The van der Waals surface area contributed by atoms with Crippen molar-refractivity contribution in [1.29, 1.82) is 0 Å². The van der Waals surface area contributed by atoms with Crippen molar-refractivity contribution in [3.8, 4) is 0 Å². The van der Waals surface area contributed by atoms with Crippen LogP contribution in [-0.4, -0.2) is 65.8 Å². The van der Waals surface area contributed by atoms with Crippen molar-refractivity contribution >= 4 is 17.8 Å². The Kier molecular flexibility index (Phi) is 3.95. The van der Waals surface area contributed by atoms with Gasteiger partial charge in [0.1, 0.15) is 6.04 Å². The highest BCUT2D eigenvalue weighted by molar-refractivity contribution is 5.90. The predicted octanol–water partition coefficient (Wildman–Crippen LogP) is -0.315. The summed E-state index contributed by atoms with van der Waals surface area (Å²) in [6.07, 6.45) is 4.55. The number of amides is 3. The number of anilines is 1. The summed E-state index contributed by atoms with van der Waals surface area (Å²) >= 11 is 0. The number of nitrogens with one attached hydrogen (secondary N) is 2. The first-order chi connectivity index (χ1) is 11.7. The number of aromatic nitrogens is 2. The van der Waals surface area contributed by atoms with Gasteiger partial charge in [0.25, 0.3) is 0 Å². The quantitative estimate of drug-likeness (QED) is 0.776. The first-order valence-corrected chi connectivity index (χ1v) is 8.64. The van der Waals surface area contributed by atoms with E-state index >= 15 is 0 Å². The van der Waals surface area contributed by atoms with Gasteiger partial charge in [-0.05, 0) is 37.3 Å². The molecular weight excluding hydrogens is 308 g/mol. The van der Waals surface area contributed by atoms with E-state index in [0.717, 1.165) is 37.4 Å². The summed E-state index contributed by atoms with van der Waals surface area (Å²) in [5.41, 5.74) is 2.47. The lowest BCUT2D eigenvalue weighted by Crippen LogP contribution is -2.54. The van der Waals surface area contributed by atoms with E-state index in [-0.39, 0.29) is 11.9 Å². The van der Waals surface area contributed by atoms with Gasteiger partial charge in [0.05, 0.1) is 5.69 Å². The Balaban J connectivity index is 1.37. The fourth-order valence-corrected chi connectivity index (χ4v) is 3.61. The van der Waals surface area contributed by atoms with E-state index in [1.807, 2.05) is 4.90 Å². The number of hydrogen-bond donors (Lipinski definition) is 2. The fraction of sp³-hybridized carbons (Fsp3) is 0.625. The van der Waals surface area contributed by atoms with Crippen LogP contribution in [0.1, 0.15) is 24.1 Å². The van der Waals surface area contributed by atoms with Crippen LogP contribution in [0.3, 0.4) is 0 Å². The molecule has 1 unspecified atom stereocenters. The van der Waals surface area contributed by atoms with Crippen molar-refractivity contribution in [1.82, 2.24) is 25.7 Å². The Morgan fingerprint density at radius 1 is 1.12 bits per heavy atom.